The maximum absolute atomic E-state index is 8.94. The van der Waals surface area contributed by atoms with Crippen molar-refractivity contribution in [3.05, 3.63) is 240 Å². The molecule has 0 aliphatic heterocycles. The average molecular weight is 850 g/mol. The number of nitrogens with zero attached hydrogens (tertiary/aromatic N) is 4. The van der Waals surface area contributed by atoms with Crippen LogP contribution in [0.3, 0.4) is 0 Å². The number of aliphatic imine (C=N–C) groups is 2. The van der Waals surface area contributed by atoms with Crippen molar-refractivity contribution in [1.82, 2.24) is 9.13 Å². The molecule has 316 valence electrons. The number of para-hydroxylation sites is 3. The van der Waals surface area contributed by atoms with Crippen LogP contribution in [0, 0.1) is 12.3 Å². The number of aryl methyl sites for hydroxylation is 1. The summed E-state index contributed by atoms with van der Waals surface area (Å²) in [5.41, 5.74) is 17.1. The van der Waals surface area contributed by atoms with Gasteiger partial charge in [-0.1, -0.05) is 165 Å². The van der Waals surface area contributed by atoms with E-state index in [4.69, 9.17) is 5.41 Å². The topological polar surface area (TPSA) is 58.4 Å². The largest absolute Gasteiger partial charge is 0.309 e. The number of hydrogen-bond donors (Lipinski definition) is 1. The Morgan fingerprint density at radius 1 is 0.500 bits per heavy atom. The van der Waals surface area contributed by atoms with E-state index in [-0.39, 0.29) is 11.3 Å². The van der Waals surface area contributed by atoms with Crippen LogP contribution in [-0.2, 0) is 5.41 Å². The van der Waals surface area contributed by atoms with Crippen LogP contribution in [0.4, 0.5) is 0 Å². The van der Waals surface area contributed by atoms with Gasteiger partial charge >= 0.3 is 0 Å². The van der Waals surface area contributed by atoms with Crippen molar-refractivity contribution >= 4 is 62.0 Å². The van der Waals surface area contributed by atoms with E-state index in [2.05, 4.69) is 198 Å². The van der Waals surface area contributed by atoms with Gasteiger partial charge in [0.2, 0.25) is 0 Å². The fourth-order valence-electron chi connectivity index (χ4n) is 10.1. The maximum atomic E-state index is 8.94. The van der Waals surface area contributed by atoms with Crippen molar-refractivity contribution in [3.8, 4) is 33.6 Å². The van der Waals surface area contributed by atoms with E-state index in [9.17, 15) is 0 Å². The van der Waals surface area contributed by atoms with Crippen LogP contribution in [0.2, 0.25) is 0 Å². The molecular formula is C61H47N5. The second-order valence-corrected chi connectivity index (χ2v) is 17.5. The van der Waals surface area contributed by atoms with Crippen LogP contribution in [0.25, 0.3) is 77.2 Å². The highest BCUT2D eigenvalue weighted by atomic mass is 15.0. The normalized spacial score (nSPS) is 12.8. The summed E-state index contributed by atoms with van der Waals surface area (Å²) in [6.45, 7) is 10.5. The predicted octanol–water partition coefficient (Wildman–Crippen LogP) is 15.3. The van der Waals surface area contributed by atoms with Crippen LogP contribution < -0.4 is 0 Å². The molecule has 12 rings (SSSR count). The molecule has 1 N–H and O–H groups in total. The molecule has 0 fully saturated rings. The predicted molar refractivity (Wildman–Crippen MR) is 279 cm³/mol. The van der Waals surface area contributed by atoms with Crippen LogP contribution in [0.15, 0.2) is 222 Å². The fourth-order valence-corrected chi connectivity index (χ4v) is 10.1. The SMILES string of the molecule is C=NC(=NC(=N)c1ccc(-n2c3ccccc3c3c(-c4ccc5c(c4)c4ccccc4n5-c4ccccc4)cc4c(c32)-c2ccccc2C4(C)C)cc1)c1ccccc1.Cc1ccccc1. The van der Waals surface area contributed by atoms with E-state index in [1.54, 1.807) is 0 Å². The van der Waals surface area contributed by atoms with Gasteiger partial charge in [-0.3, -0.25) is 5.41 Å². The monoisotopic (exact) mass is 849 g/mol. The molecule has 1 aliphatic rings. The molecule has 0 bridgehead atoms. The van der Waals surface area contributed by atoms with Gasteiger partial charge in [0.1, 0.15) is 0 Å². The van der Waals surface area contributed by atoms with E-state index in [1.807, 2.05) is 60.7 Å². The smallest absolute Gasteiger partial charge is 0.161 e. The molecular weight excluding hydrogens is 803 g/mol. The Hall–Kier alpha value is -8.41. The first-order valence-electron chi connectivity index (χ1n) is 22.4. The van der Waals surface area contributed by atoms with Gasteiger partial charge in [0.25, 0.3) is 0 Å². The number of amidine groups is 2. The Balaban J connectivity index is 0.000000632. The third-order valence-electron chi connectivity index (χ3n) is 13.2. The molecule has 0 radical (unpaired) electrons. The van der Waals surface area contributed by atoms with Gasteiger partial charge in [-0.05, 0) is 108 Å². The lowest BCUT2D eigenvalue weighted by Crippen LogP contribution is -2.15. The standard InChI is InChI=1S/C54H39N5.C7H8/c1-54(2)44-23-13-10-21-40(44)50-45(54)33-42(36-28-31-48-43(32-36)39-20-11-14-24-46(39)58(48)37-18-8-5-9-19-37)49-41-22-12-15-25-47(41)59(51(49)50)38-29-26-34(27-30-38)52(55)57-53(56-3)35-16-6-4-7-17-35;1-7-5-3-2-4-6-7/h4-33,55H,3H2,1-2H3;2-6H,1H3. The number of aromatic nitrogens is 2. The molecule has 11 aromatic rings. The molecule has 5 heteroatoms. The molecule has 9 aromatic carbocycles. The molecule has 1 aliphatic carbocycles. The van der Waals surface area contributed by atoms with Crippen molar-refractivity contribution in [3.63, 3.8) is 0 Å². The van der Waals surface area contributed by atoms with Crippen molar-refractivity contribution < 1.29 is 0 Å². The number of rotatable bonds is 5. The number of hydrogen-bond acceptors (Lipinski definition) is 1. The Bertz CT molecular complexity index is 3690. The zero-order valence-electron chi connectivity index (χ0n) is 37.2. The van der Waals surface area contributed by atoms with E-state index < -0.39 is 0 Å². The van der Waals surface area contributed by atoms with Crippen molar-refractivity contribution in [1.29, 1.82) is 5.41 Å². The highest BCUT2D eigenvalue weighted by Gasteiger charge is 2.39. The minimum absolute atomic E-state index is 0.132. The van der Waals surface area contributed by atoms with Gasteiger partial charge in [0.05, 0.1) is 22.1 Å². The van der Waals surface area contributed by atoms with Crippen molar-refractivity contribution in [2.24, 2.45) is 9.98 Å². The van der Waals surface area contributed by atoms with Crippen LogP contribution in [0.1, 0.15) is 41.7 Å². The highest BCUT2D eigenvalue weighted by Crippen LogP contribution is 2.55. The molecule has 0 atom stereocenters. The molecule has 0 saturated heterocycles. The number of benzene rings is 9. The van der Waals surface area contributed by atoms with E-state index in [0.29, 0.717) is 11.4 Å². The zero-order chi connectivity index (χ0) is 44.9. The lowest BCUT2D eigenvalue weighted by atomic mass is 9.81. The van der Waals surface area contributed by atoms with Crippen LogP contribution in [0.5, 0.6) is 0 Å². The summed E-state index contributed by atoms with van der Waals surface area (Å²) in [7, 11) is 0. The molecule has 0 saturated carbocycles. The first-order chi connectivity index (χ1) is 32.3. The molecule has 0 spiro atoms. The lowest BCUT2D eigenvalue weighted by molar-refractivity contribution is 0.661. The average Bonchev–Trinajstić information content (AvgIpc) is 3.97. The van der Waals surface area contributed by atoms with Gasteiger partial charge in [-0.15, -0.1) is 0 Å². The fraction of sp³-hybridized carbons (Fsp3) is 0.0656. The van der Waals surface area contributed by atoms with E-state index in [0.717, 1.165) is 22.5 Å². The van der Waals surface area contributed by atoms with Gasteiger partial charge in [0.15, 0.2) is 11.7 Å². The molecule has 5 nitrogen and oxygen atoms in total. The molecule has 2 aromatic heterocycles. The summed E-state index contributed by atoms with van der Waals surface area (Å²) in [6.07, 6.45) is 0. The Labute approximate surface area is 384 Å². The van der Waals surface area contributed by atoms with Crippen LogP contribution >= 0.6 is 0 Å². The van der Waals surface area contributed by atoms with E-state index in [1.165, 1.54) is 77.0 Å². The van der Waals surface area contributed by atoms with Crippen molar-refractivity contribution in [2.75, 3.05) is 0 Å². The Morgan fingerprint density at radius 2 is 1.08 bits per heavy atom. The molecule has 0 unspecified atom stereocenters. The number of fused-ring (bicyclic) bond motifs is 10. The van der Waals surface area contributed by atoms with Gasteiger partial charge in [0, 0.05) is 55.0 Å². The summed E-state index contributed by atoms with van der Waals surface area (Å²) in [6, 6.07) is 74.7. The maximum Gasteiger partial charge on any atom is 0.161 e. The minimum atomic E-state index is -0.226. The summed E-state index contributed by atoms with van der Waals surface area (Å²) in [5.74, 6) is 0.558. The first-order valence-corrected chi connectivity index (χ1v) is 22.4. The lowest BCUT2D eigenvalue weighted by Gasteiger charge is -2.23. The van der Waals surface area contributed by atoms with Gasteiger partial charge in [-0.25, -0.2) is 9.98 Å². The highest BCUT2D eigenvalue weighted by molar-refractivity contribution is 6.22. The third kappa shape index (κ3) is 6.67. The molecule has 0 amide bonds. The van der Waals surface area contributed by atoms with Crippen LogP contribution in [-0.4, -0.2) is 27.5 Å². The molecule has 66 heavy (non-hydrogen) atoms. The second-order valence-electron chi connectivity index (χ2n) is 17.5. The van der Waals surface area contributed by atoms with Gasteiger partial charge in [-0.2, -0.15) is 0 Å². The van der Waals surface area contributed by atoms with E-state index >= 15 is 0 Å². The first kappa shape index (κ1) is 40.4. The summed E-state index contributed by atoms with van der Waals surface area (Å²) in [4.78, 5) is 8.73. The zero-order valence-corrected chi connectivity index (χ0v) is 37.2. The Morgan fingerprint density at radius 3 is 1.76 bits per heavy atom. The van der Waals surface area contributed by atoms with Gasteiger partial charge < -0.3 is 9.13 Å². The van der Waals surface area contributed by atoms with Crippen molar-refractivity contribution in [2.45, 2.75) is 26.2 Å². The summed E-state index contributed by atoms with van der Waals surface area (Å²) >= 11 is 0. The summed E-state index contributed by atoms with van der Waals surface area (Å²) < 4.78 is 4.81. The minimum Gasteiger partial charge on any atom is -0.309 e. The number of nitrogens with one attached hydrogen (secondary N) is 1. The third-order valence-corrected chi connectivity index (χ3v) is 13.2. The molecule has 2 heterocycles. The second kappa shape index (κ2) is 16.3. The quantitative estimate of drug-likeness (QED) is 0.132. The summed E-state index contributed by atoms with van der Waals surface area (Å²) in [5, 5.41) is 13.8. The Kier molecular flexibility index (Phi) is 9.97.